The molecule has 2 fully saturated rings. The van der Waals surface area contributed by atoms with E-state index in [0.29, 0.717) is 69.2 Å². The number of allylic oxidation sites excluding steroid dienone is 2. The van der Waals surface area contributed by atoms with Crippen LogP contribution in [-0.4, -0.2) is 56.8 Å². The summed E-state index contributed by atoms with van der Waals surface area (Å²) in [5.41, 5.74) is 0.276. The molecule has 290 valence electrons. The Kier molecular flexibility index (Phi) is 11.0. The highest BCUT2D eigenvalue weighted by Crippen LogP contribution is 2.59. The van der Waals surface area contributed by atoms with Crippen LogP contribution in [0.2, 0.25) is 0 Å². The Morgan fingerprint density at radius 3 is 2.20 bits per heavy atom. The van der Waals surface area contributed by atoms with Crippen LogP contribution in [0.25, 0.3) is 0 Å². The van der Waals surface area contributed by atoms with Gasteiger partial charge in [-0.3, -0.25) is 9.69 Å². The summed E-state index contributed by atoms with van der Waals surface area (Å²) in [6.07, 6.45) is 2.38. The van der Waals surface area contributed by atoms with Crippen molar-refractivity contribution in [3.63, 3.8) is 0 Å². The molecule has 8 rings (SSSR count). The summed E-state index contributed by atoms with van der Waals surface area (Å²) in [5, 5.41) is 37.0. The number of halogens is 3. The lowest BCUT2D eigenvalue weighted by atomic mass is 9.64. The molecule has 2 bridgehead atoms. The second-order valence-electron chi connectivity index (χ2n) is 16.5. The average molecular weight is 752 g/mol. The molecule has 3 aliphatic carbocycles. The summed E-state index contributed by atoms with van der Waals surface area (Å²) in [4.78, 5) is 16.7. The van der Waals surface area contributed by atoms with Crippen LogP contribution in [0.4, 0.5) is 13.2 Å². The molecule has 0 unspecified atom stereocenters. The lowest BCUT2D eigenvalue weighted by Crippen LogP contribution is -2.57. The van der Waals surface area contributed by atoms with Crippen LogP contribution < -0.4 is 0 Å². The Balaban J connectivity index is 1.30. The third kappa shape index (κ3) is 7.59. The van der Waals surface area contributed by atoms with Gasteiger partial charge in [-0.05, 0) is 118 Å². The smallest absolute Gasteiger partial charge is 0.393 e. The number of benzene rings is 4. The second-order valence-corrected chi connectivity index (χ2v) is 16.5. The summed E-state index contributed by atoms with van der Waals surface area (Å²) in [6, 6.07) is 29.3. The van der Waals surface area contributed by atoms with Crippen LogP contribution in [0.1, 0.15) is 115 Å². The topological polar surface area (TPSA) is 81.0 Å². The molecule has 0 amide bonds. The molecule has 55 heavy (non-hydrogen) atoms. The van der Waals surface area contributed by atoms with Crippen molar-refractivity contribution >= 4 is 5.78 Å². The zero-order valence-electron chi connectivity index (χ0n) is 31.7. The minimum absolute atomic E-state index is 0.0515. The van der Waals surface area contributed by atoms with E-state index < -0.39 is 40.2 Å². The van der Waals surface area contributed by atoms with Gasteiger partial charge in [0, 0.05) is 29.1 Å². The van der Waals surface area contributed by atoms with E-state index in [1.807, 2.05) is 72.8 Å². The molecule has 4 aliphatic rings. The van der Waals surface area contributed by atoms with Gasteiger partial charge < -0.3 is 15.3 Å². The first kappa shape index (κ1) is 39.2. The number of fused-ring (bicyclic) bond motifs is 8. The molecule has 1 aliphatic heterocycles. The number of β-amino-alcohol motifs (C(OH)–C–C–N with tert-alkyl or cyclic N) is 1. The first-order chi connectivity index (χ1) is 26.2. The fourth-order valence-corrected chi connectivity index (χ4v) is 9.95. The van der Waals surface area contributed by atoms with Gasteiger partial charge in [-0.25, -0.2) is 0 Å². The Hall–Kier alpha value is -4.08. The lowest BCUT2D eigenvalue weighted by molar-refractivity contribution is -0.137. The van der Waals surface area contributed by atoms with Gasteiger partial charge >= 0.3 is 6.18 Å². The maximum absolute atomic E-state index is 14.4. The van der Waals surface area contributed by atoms with Gasteiger partial charge in [0.05, 0.1) is 17.3 Å². The molecule has 0 aromatic heterocycles. The lowest BCUT2D eigenvalue weighted by Gasteiger charge is -2.48. The standard InChI is InChI=1S/C47H52F3NO4/c1-32-12-10-25-44(2)41(39-23-21-33(28-38(52)22-20-32)29-40(39)43(53)34-13-9-18-37(30-34)47(48,49)50)24-26-45(44,54)31-51-27-11-19-42(51)46(55,35-14-5-3-6-15-35)36-16-7-4-8-17-36/h3-9,12-18,21,23,29-30,38,41-42,52,54-55H,10-11,19-20,22,24-28,31H2,1-2H3/t38-,41-,42+,44-,45+/m0/s1. The van der Waals surface area contributed by atoms with Crippen molar-refractivity contribution in [2.75, 3.05) is 13.1 Å². The molecule has 3 N–H and O–H groups in total. The normalized spacial score (nSPS) is 26.7. The van der Waals surface area contributed by atoms with Gasteiger partial charge in [-0.1, -0.05) is 104 Å². The summed E-state index contributed by atoms with van der Waals surface area (Å²) in [6.45, 7) is 5.20. The molecule has 5 atom stereocenters. The quantitative estimate of drug-likeness (QED) is 0.130. The molecule has 0 radical (unpaired) electrons. The van der Waals surface area contributed by atoms with Crippen molar-refractivity contribution in [2.45, 2.75) is 107 Å². The number of alkyl halides is 3. The Morgan fingerprint density at radius 1 is 0.855 bits per heavy atom. The number of ketones is 1. The molecular weight excluding hydrogens is 700 g/mol. The predicted molar refractivity (Wildman–Crippen MR) is 209 cm³/mol. The third-order valence-corrected chi connectivity index (χ3v) is 13.1. The third-order valence-electron chi connectivity index (χ3n) is 13.1. The molecule has 4 aromatic carbocycles. The van der Waals surface area contributed by atoms with Crippen LogP contribution in [0.5, 0.6) is 0 Å². The molecule has 1 saturated carbocycles. The Labute approximate surface area is 322 Å². The molecular formula is C47H52F3NO4. The van der Waals surface area contributed by atoms with E-state index in [9.17, 15) is 33.3 Å². The Morgan fingerprint density at radius 2 is 1.53 bits per heavy atom. The van der Waals surface area contributed by atoms with Crippen LogP contribution in [0, 0.1) is 5.41 Å². The number of aliphatic hydroxyl groups excluding tert-OH is 1. The number of carbonyl (C=O) groups is 1. The minimum atomic E-state index is -4.61. The first-order valence-electron chi connectivity index (χ1n) is 19.7. The van der Waals surface area contributed by atoms with Gasteiger partial charge in [0.2, 0.25) is 0 Å². The number of hydrogen-bond acceptors (Lipinski definition) is 5. The van der Waals surface area contributed by atoms with Gasteiger partial charge in [-0.15, -0.1) is 0 Å². The summed E-state index contributed by atoms with van der Waals surface area (Å²) < 4.78 is 41.4. The fraction of sp³-hybridized carbons (Fsp3) is 0.426. The molecule has 0 spiro atoms. The van der Waals surface area contributed by atoms with E-state index >= 15 is 0 Å². The highest BCUT2D eigenvalue weighted by Gasteiger charge is 2.59. The van der Waals surface area contributed by atoms with Crippen molar-refractivity contribution in [3.05, 3.63) is 154 Å². The number of rotatable bonds is 7. The van der Waals surface area contributed by atoms with E-state index in [1.54, 1.807) is 6.07 Å². The van der Waals surface area contributed by atoms with Crippen molar-refractivity contribution < 1.29 is 33.3 Å². The van der Waals surface area contributed by atoms with Gasteiger partial charge in [0.1, 0.15) is 5.60 Å². The van der Waals surface area contributed by atoms with Gasteiger partial charge in [0.25, 0.3) is 0 Å². The van der Waals surface area contributed by atoms with E-state index in [1.165, 1.54) is 17.7 Å². The highest BCUT2D eigenvalue weighted by atomic mass is 19.4. The number of hydrogen-bond donors (Lipinski definition) is 3. The predicted octanol–water partition coefficient (Wildman–Crippen LogP) is 9.38. The fourth-order valence-electron chi connectivity index (χ4n) is 9.95. The van der Waals surface area contributed by atoms with E-state index in [4.69, 9.17) is 0 Å². The summed E-state index contributed by atoms with van der Waals surface area (Å²) in [5.74, 6) is -0.797. The van der Waals surface area contributed by atoms with E-state index in [-0.39, 0.29) is 17.5 Å². The molecule has 4 aromatic rings. The molecule has 5 nitrogen and oxygen atoms in total. The monoisotopic (exact) mass is 751 g/mol. The maximum atomic E-state index is 14.4. The van der Waals surface area contributed by atoms with Crippen LogP contribution in [-0.2, 0) is 18.2 Å². The van der Waals surface area contributed by atoms with Gasteiger partial charge in [0.15, 0.2) is 5.78 Å². The molecule has 8 heteroatoms. The largest absolute Gasteiger partial charge is 0.416 e. The Bertz CT molecular complexity index is 1970. The van der Waals surface area contributed by atoms with Crippen LogP contribution in [0.3, 0.4) is 0 Å². The van der Waals surface area contributed by atoms with Crippen molar-refractivity contribution in [1.29, 1.82) is 0 Å². The van der Waals surface area contributed by atoms with Crippen LogP contribution in [0.15, 0.2) is 115 Å². The first-order valence-corrected chi connectivity index (χ1v) is 19.7. The summed E-state index contributed by atoms with van der Waals surface area (Å²) >= 11 is 0. The number of carbonyl (C=O) groups excluding carboxylic acids is 1. The van der Waals surface area contributed by atoms with E-state index in [0.717, 1.165) is 41.7 Å². The number of aliphatic hydroxyl groups is 3. The van der Waals surface area contributed by atoms with Crippen LogP contribution >= 0.6 is 0 Å². The molecule has 1 saturated heterocycles. The molecule has 1 heterocycles. The zero-order chi connectivity index (χ0) is 39.0. The van der Waals surface area contributed by atoms with Crippen molar-refractivity contribution in [2.24, 2.45) is 5.41 Å². The SMILES string of the molecule is CC1=CCC[C@@]2(C)[C@@H](CC[C@@]2(O)CN2CCC[C@@H]2C(O)(c2ccccc2)c2ccccc2)c2ccc(cc2C(=O)c2cccc(C(F)(F)F)c2)C[C@@H](O)CC1. The average Bonchev–Trinajstić information content (AvgIpc) is 3.74. The van der Waals surface area contributed by atoms with E-state index in [2.05, 4.69) is 24.8 Å². The van der Waals surface area contributed by atoms with Gasteiger partial charge in [-0.2, -0.15) is 13.2 Å². The minimum Gasteiger partial charge on any atom is -0.393 e. The maximum Gasteiger partial charge on any atom is 0.416 e. The van der Waals surface area contributed by atoms with Crippen molar-refractivity contribution in [3.8, 4) is 0 Å². The van der Waals surface area contributed by atoms with Crippen molar-refractivity contribution in [1.82, 2.24) is 4.90 Å². The highest BCUT2D eigenvalue weighted by molar-refractivity contribution is 6.10. The summed E-state index contributed by atoms with van der Waals surface area (Å²) in [7, 11) is 0. The number of likely N-dealkylation sites (tertiary alicyclic amines) is 1. The second kappa shape index (κ2) is 15.5. The number of nitrogens with zero attached hydrogens (tertiary/aromatic N) is 1. The zero-order valence-corrected chi connectivity index (χ0v) is 31.7.